The molecule has 31 heavy (non-hydrogen) atoms. The first-order valence-corrected chi connectivity index (χ1v) is 11.0. The van der Waals surface area contributed by atoms with E-state index >= 15 is 0 Å². The van der Waals surface area contributed by atoms with Gasteiger partial charge in [0.1, 0.15) is 19.0 Å². The largest absolute Gasteiger partial charge is 0.486 e. The van der Waals surface area contributed by atoms with E-state index in [0.29, 0.717) is 61.8 Å². The summed E-state index contributed by atoms with van der Waals surface area (Å²) in [5.74, 6) is 1.81. The number of benzene rings is 1. The Bertz CT molecular complexity index is 1140. The number of halogens is 2. The van der Waals surface area contributed by atoms with Crippen LogP contribution >= 0.6 is 22.6 Å². The van der Waals surface area contributed by atoms with Gasteiger partial charge in [-0.25, -0.2) is 4.98 Å². The van der Waals surface area contributed by atoms with Crippen molar-refractivity contribution in [1.82, 2.24) is 19.5 Å². The van der Waals surface area contributed by atoms with Gasteiger partial charge < -0.3 is 25.5 Å². The molecule has 1 aromatic carbocycles. The molecule has 0 aliphatic carbocycles. The predicted octanol–water partition coefficient (Wildman–Crippen LogP) is 2.56. The molecule has 11 heteroatoms. The zero-order valence-corrected chi connectivity index (χ0v) is 18.9. The maximum atomic E-state index is 13.9. The van der Waals surface area contributed by atoms with Crippen molar-refractivity contribution in [3.63, 3.8) is 0 Å². The fourth-order valence-electron chi connectivity index (χ4n) is 3.57. The SMILES string of the molecule is NC(=O)CCCCCn1c(Cc2cc3c(cc2I)OCCO3)nc2c(N)nc(F)nc21. The fourth-order valence-corrected chi connectivity index (χ4v) is 4.20. The van der Waals surface area contributed by atoms with Gasteiger partial charge in [-0.05, 0) is 53.1 Å². The summed E-state index contributed by atoms with van der Waals surface area (Å²) >= 11 is 2.25. The van der Waals surface area contributed by atoms with Gasteiger partial charge in [-0.15, -0.1) is 0 Å². The zero-order chi connectivity index (χ0) is 22.0. The number of ether oxygens (including phenoxy) is 2. The number of hydrogen-bond acceptors (Lipinski definition) is 7. The molecule has 0 fully saturated rings. The second-order valence-corrected chi connectivity index (χ2v) is 8.43. The second kappa shape index (κ2) is 9.20. The van der Waals surface area contributed by atoms with Crippen molar-refractivity contribution in [1.29, 1.82) is 0 Å². The van der Waals surface area contributed by atoms with E-state index in [1.165, 1.54) is 0 Å². The van der Waals surface area contributed by atoms with Crippen molar-refractivity contribution >= 4 is 45.5 Å². The summed E-state index contributed by atoms with van der Waals surface area (Å²) < 4.78 is 28.1. The highest BCUT2D eigenvalue weighted by atomic mass is 127. The Morgan fingerprint density at radius 2 is 1.87 bits per heavy atom. The summed E-state index contributed by atoms with van der Waals surface area (Å²) in [6, 6.07) is 3.89. The zero-order valence-electron chi connectivity index (χ0n) is 16.7. The Balaban J connectivity index is 1.65. The highest BCUT2D eigenvalue weighted by Crippen LogP contribution is 2.35. The number of carbonyl (C=O) groups is 1. The third-order valence-electron chi connectivity index (χ3n) is 5.04. The molecule has 0 atom stereocenters. The monoisotopic (exact) mass is 540 g/mol. The molecule has 1 amide bonds. The van der Waals surface area contributed by atoms with Crippen molar-refractivity contribution in [2.75, 3.05) is 18.9 Å². The number of nitrogens with zero attached hydrogens (tertiary/aromatic N) is 4. The summed E-state index contributed by atoms with van der Waals surface area (Å²) in [4.78, 5) is 23.1. The van der Waals surface area contributed by atoms with E-state index in [9.17, 15) is 9.18 Å². The standard InChI is InChI=1S/C20H22FIN6O3/c21-20-26-18(24)17-19(27-20)28(5-3-1-2-4-15(23)29)16(25-17)9-11-8-13-14(10-12(11)22)31-7-6-30-13/h8,10H,1-7,9H2,(H2,23,29)(H2,24,26,27). The smallest absolute Gasteiger partial charge is 0.312 e. The predicted molar refractivity (Wildman–Crippen MR) is 120 cm³/mol. The fraction of sp³-hybridized carbons (Fsp3) is 0.400. The topological polar surface area (TPSA) is 131 Å². The Hall–Kier alpha value is -2.70. The Morgan fingerprint density at radius 3 is 2.61 bits per heavy atom. The molecule has 4 N–H and O–H groups in total. The van der Waals surface area contributed by atoms with Crippen LogP contribution in [0.2, 0.25) is 0 Å². The average Bonchev–Trinajstić information content (AvgIpc) is 3.05. The number of nitrogens with two attached hydrogens (primary N) is 2. The molecular weight excluding hydrogens is 518 g/mol. The van der Waals surface area contributed by atoms with E-state index in [2.05, 4.69) is 37.5 Å². The molecule has 9 nitrogen and oxygen atoms in total. The highest BCUT2D eigenvalue weighted by molar-refractivity contribution is 14.1. The number of nitrogen functional groups attached to an aromatic ring is 1. The van der Waals surface area contributed by atoms with Gasteiger partial charge in [-0.3, -0.25) is 4.79 Å². The van der Waals surface area contributed by atoms with Crippen molar-refractivity contribution in [3.05, 3.63) is 33.2 Å². The molecule has 0 radical (unpaired) electrons. The molecule has 1 aliphatic rings. The summed E-state index contributed by atoms with van der Waals surface area (Å²) in [7, 11) is 0. The van der Waals surface area contributed by atoms with Crippen LogP contribution in [-0.4, -0.2) is 38.6 Å². The van der Waals surface area contributed by atoms with Crippen molar-refractivity contribution in [3.8, 4) is 11.5 Å². The first kappa shape index (κ1) is 21.5. The third kappa shape index (κ3) is 4.81. The lowest BCUT2D eigenvalue weighted by molar-refractivity contribution is -0.118. The van der Waals surface area contributed by atoms with Gasteiger partial charge in [-0.2, -0.15) is 14.4 Å². The number of amides is 1. The van der Waals surface area contributed by atoms with Crippen LogP contribution in [0.4, 0.5) is 10.2 Å². The van der Waals surface area contributed by atoms with Gasteiger partial charge in [0, 0.05) is 23.0 Å². The lowest BCUT2D eigenvalue weighted by Gasteiger charge is -2.20. The van der Waals surface area contributed by atoms with Crippen LogP contribution in [-0.2, 0) is 17.8 Å². The van der Waals surface area contributed by atoms with Gasteiger partial charge in [0.2, 0.25) is 5.91 Å². The van der Waals surface area contributed by atoms with E-state index in [4.69, 9.17) is 20.9 Å². The van der Waals surface area contributed by atoms with E-state index < -0.39 is 6.08 Å². The second-order valence-electron chi connectivity index (χ2n) is 7.27. The normalized spacial score (nSPS) is 13.0. The van der Waals surface area contributed by atoms with Crippen LogP contribution < -0.4 is 20.9 Å². The van der Waals surface area contributed by atoms with Gasteiger partial charge in [0.05, 0.1) is 0 Å². The molecule has 0 saturated heterocycles. The molecule has 0 unspecified atom stereocenters. The summed E-state index contributed by atoms with van der Waals surface area (Å²) in [5, 5.41) is 0. The molecule has 1 aliphatic heterocycles. The molecule has 0 spiro atoms. The lowest BCUT2D eigenvalue weighted by atomic mass is 10.1. The number of anilines is 1. The van der Waals surface area contributed by atoms with Gasteiger partial charge in [0.25, 0.3) is 0 Å². The van der Waals surface area contributed by atoms with Crippen LogP contribution in [0.25, 0.3) is 11.2 Å². The number of imidazole rings is 1. The maximum absolute atomic E-state index is 13.9. The van der Waals surface area contributed by atoms with Gasteiger partial charge in [-0.1, -0.05) is 6.42 Å². The van der Waals surface area contributed by atoms with E-state index in [1.807, 2.05) is 16.7 Å². The lowest BCUT2D eigenvalue weighted by Crippen LogP contribution is -2.16. The van der Waals surface area contributed by atoms with Crippen molar-refractivity contribution in [2.24, 2.45) is 5.73 Å². The molecule has 0 saturated carbocycles. The van der Waals surface area contributed by atoms with Crippen molar-refractivity contribution < 1.29 is 18.7 Å². The number of aromatic nitrogens is 4. The Labute approximate surface area is 191 Å². The number of rotatable bonds is 8. The van der Waals surface area contributed by atoms with Gasteiger partial charge in [0.15, 0.2) is 28.5 Å². The minimum atomic E-state index is -0.889. The Kier molecular flexibility index (Phi) is 6.39. The summed E-state index contributed by atoms with van der Waals surface area (Å²) in [6.07, 6.45) is 2.19. The maximum Gasteiger partial charge on any atom is 0.312 e. The summed E-state index contributed by atoms with van der Waals surface area (Å²) in [6.45, 7) is 1.58. The van der Waals surface area contributed by atoms with Crippen molar-refractivity contribution in [2.45, 2.75) is 38.6 Å². The number of carbonyl (C=O) groups excluding carboxylic acids is 1. The quantitative estimate of drug-likeness (QED) is 0.255. The Morgan fingerprint density at radius 1 is 1.13 bits per heavy atom. The molecule has 3 aromatic rings. The first-order valence-electron chi connectivity index (χ1n) is 9.97. The number of aryl methyl sites for hydroxylation is 1. The average molecular weight is 540 g/mol. The summed E-state index contributed by atoms with van der Waals surface area (Å²) in [5.41, 5.74) is 12.9. The van der Waals surface area contributed by atoms with E-state index in [-0.39, 0.29) is 11.7 Å². The van der Waals surface area contributed by atoms with Crippen LogP contribution in [0, 0.1) is 9.65 Å². The molecular formula is C20H22FIN6O3. The number of primary amides is 1. The van der Waals surface area contributed by atoms with E-state index in [0.717, 1.165) is 27.7 Å². The van der Waals surface area contributed by atoms with Crippen LogP contribution in [0.15, 0.2) is 12.1 Å². The van der Waals surface area contributed by atoms with Crippen LogP contribution in [0.5, 0.6) is 11.5 Å². The van der Waals surface area contributed by atoms with E-state index in [1.54, 1.807) is 0 Å². The number of unbranched alkanes of at least 4 members (excludes halogenated alkanes) is 2. The minimum absolute atomic E-state index is 0.00750. The third-order valence-corrected chi connectivity index (χ3v) is 6.04. The number of fused-ring (bicyclic) bond motifs is 2. The minimum Gasteiger partial charge on any atom is -0.486 e. The molecule has 164 valence electrons. The first-order chi connectivity index (χ1) is 14.9. The molecule has 2 aromatic heterocycles. The molecule has 4 rings (SSSR count). The number of hydrogen-bond donors (Lipinski definition) is 2. The van der Waals surface area contributed by atoms with Crippen LogP contribution in [0.1, 0.15) is 37.1 Å². The van der Waals surface area contributed by atoms with Crippen LogP contribution in [0.3, 0.4) is 0 Å². The molecule has 0 bridgehead atoms. The van der Waals surface area contributed by atoms with Gasteiger partial charge >= 0.3 is 6.08 Å². The molecule has 3 heterocycles. The highest BCUT2D eigenvalue weighted by Gasteiger charge is 2.20.